The smallest absolute Gasteiger partial charge is 0.227 e. The normalized spacial score (nSPS) is 21.4. The van der Waals surface area contributed by atoms with Gasteiger partial charge >= 0.3 is 0 Å². The molecule has 0 aliphatic heterocycles. The highest BCUT2D eigenvalue weighted by Crippen LogP contribution is 2.32. The van der Waals surface area contributed by atoms with E-state index < -0.39 is 0 Å². The molecule has 2 atom stereocenters. The number of aromatic nitrogens is 3. The molecule has 0 unspecified atom stereocenters. The summed E-state index contributed by atoms with van der Waals surface area (Å²) in [6, 6.07) is 7.57. The SMILES string of the molecule is NC[C@H]1CCC[C@H]1C(=O)Nc1ccc(-c2ncn[nH]2)cc1. The maximum atomic E-state index is 12.3. The van der Waals surface area contributed by atoms with Crippen LogP contribution in [0.3, 0.4) is 0 Å². The summed E-state index contributed by atoms with van der Waals surface area (Å²) in [6.07, 6.45) is 4.55. The first kappa shape index (κ1) is 13.8. The van der Waals surface area contributed by atoms with Crippen LogP contribution in [0.1, 0.15) is 19.3 Å². The van der Waals surface area contributed by atoms with Crippen LogP contribution >= 0.6 is 0 Å². The van der Waals surface area contributed by atoms with Crippen LogP contribution in [0.2, 0.25) is 0 Å². The van der Waals surface area contributed by atoms with Gasteiger partial charge in [-0.1, -0.05) is 6.42 Å². The van der Waals surface area contributed by atoms with E-state index in [2.05, 4.69) is 20.5 Å². The number of amides is 1. The van der Waals surface area contributed by atoms with Crippen LogP contribution in [-0.4, -0.2) is 27.6 Å². The Bertz CT molecular complexity index is 593. The van der Waals surface area contributed by atoms with E-state index in [1.165, 1.54) is 6.33 Å². The summed E-state index contributed by atoms with van der Waals surface area (Å²) in [4.78, 5) is 16.4. The van der Waals surface area contributed by atoms with Crippen molar-refractivity contribution < 1.29 is 4.79 Å². The molecule has 3 rings (SSSR count). The van der Waals surface area contributed by atoms with E-state index in [4.69, 9.17) is 5.73 Å². The summed E-state index contributed by atoms with van der Waals surface area (Å²) >= 11 is 0. The van der Waals surface area contributed by atoms with Crippen molar-refractivity contribution in [2.75, 3.05) is 11.9 Å². The van der Waals surface area contributed by atoms with Crippen molar-refractivity contribution in [1.82, 2.24) is 15.2 Å². The molecule has 0 saturated heterocycles. The molecule has 1 amide bonds. The molecule has 1 heterocycles. The van der Waals surface area contributed by atoms with Crippen LogP contribution in [0.25, 0.3) is 11.4 Å². The third kappa shape index (κ3) is 2.95. The van der Waals surface area contributed by atoms with E-state index in [0.29, 0.717) is 18.3 Å². The fourth-order valence-electron chi connectivity index (χ4n) is 2.96. The van der Waals surface area contributed by atoms with Crippen LogP contribution in [0.5, 0.6) is 0 Å². The number of hydrogen-bond acceptors (Lipinski definition) is 4. The highest BCUT2D eigenvalue weighted by Gasteiger charge is 2.31. The van der Waals surface area contributed by atoms with E-state index in [9.17, 15) is 4.79 Å². The second-order valence-corrected chi connectivity index (χ2v) is 5.43. The molecule has 1 aliphatic rings. The molecular weight excluding hydrogens is 266 g/mol. The Morgan fingerprint density at radius 2 is 2.14 bits per heavy atom. The lowest BCUT2D eigenvalue weighted by Crippen LogP contribution is -2.29. The minimum absolute atomic E-state index is 0.0453. The number of nitrogens with one attached hydrogen (secondary N) is 2. The molecule has 0 spiro atoms. The zero-order chi connectivity index (χ0) is 14.7. The van der Waals surface area contributed by atoms with E-state index in [1.807, 2.05) is 24.3 Å². The Kier molecular flexibility index (Phi) is 3.96. The molecule has 0 radical (unpaired) electrons. The monoisotopic (exact) mass is 285 g/mol. The average Bonchev–Trinajstić information content (AvgIpc) is 3.19. The van der Waals surface area contributed by atoms with Crippen molar-refractivity contribution in [2.45, 2.75) is 19.3 Å². The first-order valence-electron chi connectivity index (χ1n) is 7.24. The van der Waals surface area contributed by atoms with Crippen molar-refractivity contribution in [3.63, 3.8) is 0 Å². The number of benzene rings is 1. The summed E-state index contributed by atoms with van der Waals surface area (Å²) in [5.74, 6) is 1.16. The Morgan fingerprint density at radius 3 is 2.81 bits per heavy atom. The summed E-state index contributed by atoms with van der Waals surface area (Å²) in [7, 11) is 0. The fourth-order valence-corrected chi connectivity index (χ4v) is 2.96. The summed E-state index contributed by atoms with van der Waals surface area (Å²) < 4.78 is 0. The Hall–Kier alpha value is -2.21. The minimum Gasteiger partial charge on any atom is -0.330 e. The predicted octanol–water partition coefficient (Wildman–Crippen LogP) is 1.79. The van der Waals surface area contributed by atoms with Crippen LogP contribution in [0.4, 0.5) is 5.69 Å². The summed E-state index contributed by atoms with van der Waals surface area (Å²) in [6.45, 7) is 0.586. The number of carbonyl (C=O) groups excluding carboxylic acids is 1. The van der Waals surface area contributed by atoms with Gasteiger partial charge in [0, 0.05) is 17.2 Å². The van der Waals surface area contributed by atoms with Gasteiger partial charge in [0.25, 0.3) is 0 Å². The lowest BCUT2D eigenvalue weighted by molar-refractivity contribution is -0.120. The molecule has 6 nitrogen and oxygen atoms in total. The first-order valence-corrected chi connectivity index (χ1v) is 7.24. The van der Waals surface area contributed by atoms with Gasteiger partial charge in [-0.05, 0) is 49.6 Å². The predicted molar refractivity (Wildman–Crippen MR) is 80.3 cm³/mol. The third-order valence-corrected chi connectivity index (χ3v) is 4.14. The van der Waals surface area contributed by atoms with Gasteiger partial charge in [0.05, 0.1) is 0 Å². The number of H-pyrrole nitrogens is 1. The van der Waals surface area contributed by atoms with Crippen LogP contribution < -0.4 is 11.1 Å². The highest BCUT2D eigenvalue weighted by molar-refractivity contribution is 5.93. The van der Waals surface area contributed by atoms with Gasteiger partial charge in [0.2, 0.25) is 5.91 Å². The maximum Gasteiger partial charge on any atom is 0.227 e. The van der Waals surface area contributed by atoms with Crippen LogP contribution in [0.15, 0.2) is 30.6 Å². The van der Waals surface area contributed by atoms with Gasteiger partial charge in [0.15, 0.2) is 5.82 Å². The van der Waals surface area contributed by atoms with Crippen LogP contribution in [0, 0.1) is 11.8 Å². The number of hydrogen-bond donors (Lipinski definition) is 3. The van der Waals surface area contributed by atoms with E-state index in [-0.39, 0.29) is 11.8 Å². The summed E-state index contributed by atoms with van der Waals surface area (Å²) in [5.41, 5.74) is 7.47. The van der Waals surface area contributed by atoms with Crippen molar-refractivity contribution in [2.24, 2.45) is 17.6 Å². The topological polar surface area (TPSA) is 96.7 Å². The van der Waals surface area contributed by atoms with Gasteiger partial charge in [-0.25, -0.2) is 4.98 Å². The van der Waals surface area contributed by atoms with Gasteiger partial charge in [0.1, 0.15) is 6.33 Å². The average molecular weight is 285 g/mol. The number of aromatic amines is 1. The van der Waals surface area contributed by atoms with Gasteiger partial charge in [-0.15, -0.1) is 0 Å². The van der Waals surface area contributed by atoms with Crippen molar-refractivity contribution >= 4 is 11.6 Å². The van der Waals surface area contributed by atoms with Crippen LogP contribution in [-0.2, 0) is 4.79 Å². The molecule has 21 heavy (non-hydrogen) atoms. The fraction of sp³-hybridized carbons (Fsp3) is 0.400. The van der Waals surface area contributed by atoms with Gasteiger partial charge in [-0.2, -0.15) is 5.10 Å². The molecule has 1 aromatic carbocycles. The Morgan fingerprint density at radius 1 is 1.33 bits per heavy atom. The zero-order valence-corrected chi connectivity index (χ0v) is 11.7. The van der Waals surface area contributed by atoms with Gasteiger partial charge < -0.3 is 11.1 Å². The van der Waals surface area contributed by atoms with E-state index >= 15 is 0 Å². The van der Waals surface area contributed by atoms with Crippen molar-refractivity contribution in [3.8, 4) is 11.4 Å². The number of anilines is 1. The second kappa shape index (κ2) is 6.05. The standard InChI is InChI=1S/C15H19N5O/c16-8-11-2-1-3-13(11)15(21)19-12-6-4-10(5-7-12)14-17-9-18-20-14/h4-7,9,11,13H,1-3,8,16H2,(H,19,21)(H,17,18,20)/t11-,13-/m1/s1. The lowest BCUT2D eigenvalue weighted by Gasteiger charge is -2.17. The Labute approximate surface area is 123 Å². The molecule has 1 aliphatic carbocycles. The number of carbonyl (C=O) groups is 1. The maximum absolute atomic E-state index is 12.3. The largest absolute Gasteiger partial charge is 0.330 e. The molecule has 0 bridgehead atoms. The Balaban J connectivity index is 1.66. The molecule has 1 saturated carbocycles. The molecule has 1 aromatic heterocycles. The number of nitrogens with zero attached hydrogens (tertiary/aromatic N) is 2. The molecular formula is C15H19N5O. The molecule has 4 N–H and O–H groups in total. The molecule has 110 valence electrons. The quantitative estimate of drug-likeness (QED) is 0.797. The molecule has 1 fully saturated rings. The number of rotatable bonds is 4. The minimum atomic E-state index is 0.0453. The summed E-state index contributed by atoms with van der Waals surface area (Å²) in [5, 5.41) is 9.61. The second-order valence-electron chi connectivity index (χ2n) is 5.43. The van der Waals surface area contributed by atoms with Crippen molar-refractivity contribution in [3.05, 3.63) is 30.6 Å². The highest BCUT2D eigenvalue weighted by atomic mass is 16.1. The third-order valence-electron chi connectivity index (χ3n) is 4.14. The molecule has 6 heteroatoms. The zero-order valence-electron chi connectivity index (χ0n) is 11.7. The number of nitrogens with two attached hydrogens (primary N) is 1. The van der Waals surface area contributed by atoms with Gasteiger partial charge in [-0.3, -0.25) is 9.89 Å². The van der Waals surface area contributed by atoms with Crippen molar-refractivity contribution in [1.29, 1.82) is 0 Å². The lowest BCUT2D eigenvalue weighted by atomic mass is 9.95. The van der Waals surface area contributed by atoms with E-state index in [0.717, 1.165) is 30.5 Å². The molecule has 2 aromatic rings. The first-order chi connectivity index (χ1) is 10.3. The van der Waals surface area contributed by atoms with E-state index in [1.54, 1.807) is 0 Å².